The van der Waals surface area contributed by atoms with E-state index in [1.165, 1.54) is 24.1 Å². The van der Waals surface area contributed by atoms with Gasteiger partial charge in [0, 0.05) is 12.6 Å². The van der Waals surface area contributed by atoms with E-state index in [9.17, 15) is 0 Å². The fourth-order valence-electron chi connectivity index (χ4n) is 2.55. The molecule has 0 aromatic heterocycles. The van der Waals surface area contributed by atoms with Gasteiger partial charge in [0.15, 0.2) is 0 Å². The summed E-state index contributed by atoms with van der Waals surface area (Å²) in [6.45, 7) is 7.64. The van der Waals surface area contributed by atoms with E-state index in [-0.39, 0.29) is 12.4 Å². The molecule has 0 radical (unpaired) electrons. The minimum Gasteiger partial charge on any atom is -0.330 e. The summed E-state index contributed by atoms with van der Waals surface area (Å²) in [5, 5.41) is 0. The van der Waals surface area contributed by atoms with Crippen LogP contribution in [-0.4, -0.2) is 24.5 Å². The van der Waals surface area contributed by atoms with Gasteiger partial charge in [0.2, 0.25) is 0 Å². The number of halogens is 1. The summed E-state index contributed by atoms with van der Waals surface area (Å²) in [6, 6.07) is 9.35. The fraction of sp³-hybridized carbons (Fsp3) is 0.571. The summed E-state index contributed by atoms with van der Waals surface area (Å²) in [5.41, 5.74) is 8.51. The third kappa shape index (κ3) is 3.44. The zero-order chi connectivity index (χ0) is 11.5. The van der Waals surface area contributed by atoms with Crippen molar-refractivity contribution in [3.05, 3.63) is 35.4 Å². The Bertz CT molecular complexity index is 354. The molecule has 2 nitrogen and oxygen atoms in total. The van der Waals surface area contributed by atoms with E-state index in [1.54, 1.807) is 0 Å². The van der Waals surface area contributed by atoms with Gasteiger partial charge in [0.1, 0.15) is 0 Å². The average molecular weight is 255 g/mol. The normalized spacial score (nSPS) is 22.2. The highest BCUT2D eigenvalue weighted by Crippen LogP contribution is 2.27. The Hall–Kier alpha value is -0.570. The Balaban J connectivity index is 0.00000144. The Morgan fingerprint density at radius 3 is 2.82 bits per heavy atom. The van der Waals surface area contributed by atoms with Crippen LogP contribution in [0.1, 0.15) is 30.5 Å². The first-order valence-corrected chi connectivity index (χ1v) is 6.21. The lowest BCUT2D eigenvalue weighted by Crippen LogP contribution is -2.26. The molecule has 1 aromatic carbocycles. The van der Waals surface area contributed by atoms with Crippen molar-refractivity contribution in [2.45, 2.75) is 26.3 Å². The Labute approximate surface area is 111 Å². The smallest absolute Gasteiger partial charge is 0.0320 e. The number of likely N-dealkylation sites (tertiary alicyclic amines) is 1. The van der Waals surface area contributed by atoms with Crippen molar-refractivity contribution in [2.75, 3.05) is 19.6 Å². The molecule has 1 aliphatic heterocycles. The molecule has 0 spiro atoms. The zero-order valence-corrected chi connectivity index (χ0v) is 11.5. The van der Waals surface area contributed by atoms with Crippen molar-refractivity contribution >= 4 is 12.4 Å². The molecule has 2 atom stereocenters. The van der Waals surface area contributed by atoms with Gasteiger partial charge in [-0.1, -0.05) is 29.8 Å². The van der Waals surface area contributed by atoms with Gasteiger partial charge >= 0.3 is 0 Å². The topological polar surface area (TPSA) is 29.3 Å². The van der Waals surface area contributed by atoms with Crippen LogP contribution >= 0.6 is 12.4 Å². The second-order valence-electron chi connectivity index (χ2n) is 4.98. The van der Waals surface area contributed by atoms with E-state index < -0.39 is 0 Å². The van der Waals surface area contributed by atoms with Crippen molar-refractivity contribution < 1.29 is 0 Å². The quantitative estimate of drug-likeness (QED) is 0.899. The molecule has 3 heteroatoms. The van der Waals surface area contributed by atoms with Gasteiger partial charge < -0.3 is 5.73 Å². The maximum absolute atomic E-state index is 5.73. The molecule has 0 bridgehead atoms. The van der Waals surface area contributed by atoms with Crippen LogP contribution < -0.4 is 5.73 Å². The predicted molar refractivity (Wildman–Crippen MR) is 75.6 cm³/mol. The zero-order valence-electron chi connectivity index (χ0n) is 10.7. The summed E-state index contributed by atoms with van der Waals surface area (Å²) in [7, 11) is 0. The molecule has 1 fully saturated rings. The first kappa shape index (κ1) is 14.5. The van der Waals surface area contributed by atoms with E-state index >= 15 is 0 Å². The van der Waals surface area contributed by atoms with Gasteiger partial charge in [0.05, 0.1) is 0 Å². The van der Waals surface area contributed by atoms with Crippen LogP contribution in [0.3, 0.4) is 0 Å². The molecule has 2 rings (SSSR count). The van der Waals surface area contributed by atoms with Crippen LogP contribution in [0.4, 0.5) is 0 Å². The maximum atomic E-state index is 5.73. The molecule has 1 heterocycles. The highest BCUT2D eigenvalue weighted by molar-refractivity contribution is 5.85. The highest BCUT2D eigenvalue weighted by atomic mass is 35.5. The molecule has 0 saturated carbocycles. The molecule has 0 amide bonds. The second kappa shape index (κ2) is 6.39. The molecule has 17 heavy (non-hydrogen) atoms. The van der Waals surface area contributed by atoms with E-state index in [4.69, 9.17) is 5.73 Å². The van der Waals surface area contributed by atoms with Crippen molar-refractivity contribution in [1.29, 1.82) is 0 Å². The first-order chi connectivity index (χ1) is 7.70. The molecule has 1 aliphatic rings. The molecule has 96 valence electrons. The lowest BCUT2D eigenvalue weighted by atomic mass is 10.0. The Morgan fingerprint density at radius 2 is 2.24 bits per heavy atom. The SMILES string of the molecule is Cc1cccc(C(C)N2CCC(CN)C2)c1.Cl. The lowest BCUT2D eigenvalue weighted by Gasteiger charge is -2.25. The van der Waals surface area contributed by atoms with Crippen LogP contribution in [0.5, 0.6) is 0 Å². The number of hydrogen-bond donors (Lipinski definition) is 1. The standard InChI is InChI=1S/C14H22N2.ClH/c1-11-4-3-5-14(8-11)12(2)16-7-6-13(9-15)10-16;/h3-5,8,12-13H,6-7,9-10,15H2,1-2H3;1H. The summed E-state index contributed by atoms with van der Waals surface area (Å²) in [6.07, 6.45) is 1.26. The number of nitrogens with zero attached hydrogens (tertiary/aromatic N) is 1. The predicted octanol–water partition coefficient (Wildman–Crippen LogP) is 2.76. The highest BCUT2D eigenvalue weighted by Gasteiger charge is 2.25. The third-order valence-corrected chi connectivity index (χ3v) is 3.72. The lowest BCUT2D eigenvalue weighted by molar-refractivity contribution is 0.253. The molecule has 2 N–H and O–H groups in total. The number of nitrogens with two attached hydrogens (primary N) is 1. The average Bonchev–Trinajstić information content (AvgIpc) is 2.76. The van der Waals surface area contributed by atoms with E-state index in [1.807, 2.05) is 0 Å². The van der Waals surface area contributed by atoms with Crippen LogP contribution in [0, 0.1) is 12.8 Å². The molecule has 2 unspecified atom stereocenters. The summed E-state index contributed by atoms with van der Waals surface area (Å²) in [4.78, 5) is 2.55. The van der Waals surface area contributed by atoms with Gasteiger partial charge in [-0.05, 0) is 44.8 Å². The molecular formula is C14H23ClN2. The van der Waals surface area contributed by atoms with Gasteiger partial charge in [-0.15, -0.1) is 12.4 Å². The Morgan fingerprint density at radius 1 is 1.47 bits per heavy atom. The fourth-order valence-corrected chi connectivity index (χ4v) is 2.55. The summed E-state index contributed by atoms with van der Waals surface area (Å²) in [5.74, 6) is 0.701. The summed E-state index contributed by atoms with van der Waals surface area (Å²) < 4.78 is 0. The van der Waals surface area contributed by atoms with Crippen LogP contribution in [0.2, 0.25) is 0 Å². The number of aryl methyl sites for hydroxylation is 1. The van der Waals surface area contributed by atoms with Crippen molar-refractivity contribution in [3.8, 4) is 0 Å². The second-order valence-corrected chi connectivity index (χ2v) is 4.98. The van der Waals surface area contributed by atoms with Crippen molar-refractivity contribution in [3.63, 3.8) is 0 Å². The van der Waals surface area contributed by atoms with Gasteiger partial charge in [-0.3, -0.25) is 4.90 Å². The van der Waals surface area contributed by atoms with E-state index in [0.29, 0.717) is 12.0 Å². The summed E-state index contributed by atoms with van der Waals surface area (Å²) >= 11 is 0. The number of benzene rings is 1. The van der Waals surface area contributed by atoms with Crippen molar-refractivity contribution in [2.24, 2.45) is 11.7 Å². The number of rotatable bonds is 3. The molecule has 0 aliphatic carbocycles. The minimum absolute atomic E-state index is 0. The third-order valence-electron chi connectivity index (χ3n) is 3.72. The first-order valence-electron chi connectivity index (χ1n) is 6.21. The monoisotopic (exact) mass is 254 g/mol. The number of hydrogen-bond acceptors (Lipinski definition) is 2. The van der Waals surface area contributed by atoms with Crippen LogP contribution in [0.25, 0.3) is 0 Å². The molecular weight excluding hydrogens is 232 g/mol. The van der Waals surface area contributed by atoms with Crippen LogP contribution in [-0.2, 0) is 0 Å². The minimum atomic E-state index is 0. The largest absolute Gasteiger partial charge is 0.330 e. The molecule has 1 saturated heterocycles. The van der Waals surface area contributed by atoms with Crippen molar-refractivity contribution in [1.82, 2.24) is 4.90 Å². The van der Waals surface area contributed by atoms with Gasteiger partial charge in [-0.2, -0.15) is 0 Å². The van der Waals surface area contributed by atoms with E-state index in [2.05, 4.69) is 43.0 Å². The Kier molecular flexibility index (Phi) is 5.44. The maximum Gasteiger partial charge on any atom is 0.0320 e. The van der Waals surface area contributed by atoms with Gasteiger partial charge in [-0.25, -0.2) is 0 Å². The van der Waals surface area contributed by atoms with E-state index in [0.717, 1.165) is 13.1 Å². The van der Waals surface area contributed by atoms with Gasteiger partial charge in [0.25, 0.3) is 0 Å². The van der Waals surface area contributed by atoms with Crippen LogP contribution in [0.15, 0.2) is 24.3 Å². The molecule has 1 aromatic rings.